The van der Waals surface area contributed by atoms with Crippen LogP contribution in [0.2, 0.25) is 36.3 Å². The highest BCUT2D eigenvalue weighted by molar-refractivity contribution is 6.74. The van der Waals surface area contributed by atoms with Gasteiger partial charge in [0.2, 0.25) is 0 Å². The lowest BCUT2D eigenvalue weighted by Crippen LogP contribution is -2.53. The van der Waals surface area contributed by atoms with E-state index in [4.69, 9.17) is 18.3 Å². The van der Waals surface area contributed by atoms with Gasteiger partial charge in [0.1, 0.15) is 23.5 Å². The first-order valence-corrected chi connectivity index (χ1v) is 18.2. The Morgan fingerprint density at radius 1 is 0.971 bits per heavy atom. The zero-order valence-electron chi connectivity index (χ0n) is 23.7. The maximum Gasteiger partial charge on any atom is 0.342 e. The molecule has 0 aliphatic carbocycles. The standard InChI is InChI=1S/C27H46O6Si2/c1-18-23(32-34(9,10)26(2,3)4)24(33-35(11,12)27(5,6)7)21(31-18)17-16-19-14-13-15-20(28)22(19)25(29)30-8/h13-18,21,23-24,28H,1-12H3/b17-16+/t18-,21+,23-,24+/m0/s1. The van der Waals surface area contributed by atoms with Gasteiger partial charge in [-0.15, -0.1) is 0 Å². The molecule has 0 aromatic heterocycles. The minimum Gasteiger partial charge on any atom is -0.507 e. The van der Waals surface area contributed by atoms with E-state index in [1.165, 1.54) is 13.2 Å². The molecular weight excluding hydrogens is 476 g/mol. The first-order valence-electron chi connectivity index (χ1n) is 12.4. The summed E-state index contributed by atoms with van der Waals surface area (Å²) in [6.45, 7) is 24.4. The molecule has 8 heteroatoms. The van der Waals surface area contributed by atoms with Gasteiger partial charge >= 0.3 is 5.97 Å². The number of carbonyl (C=O) groups is 1. The van der Waals surface area contributed by atoms with Crippen molar-refractivity contribution in [1.82, 2.24) is 0 Å². The highest BCUT2D eigenvalue weighted by atomic mass is 28.4. The summed E-state index contributed by atoms with van der Waals surface area (Å²) >= 11 is 0. The fraction of sp³-hybridized carbons (Fsp3) is 0.667. The van der Waals surface area contributed by atoms with Crippen LogP contribution >= 0.6 is 0 Å². The van der Waals surface area contributed by atoms with Crippen molar-refractivity contribution >= 4 is 28.7 Å². The molecule has 0 amide bonds. The molecule has 198 valence electrons. The first kappa shape index (κ1) is 29.8. The second kappa shape index (κ2) is 10.5. The van der Waals surface area contributed by atoms with Gasteiger partial charge in [0.15, 0.2) is 16.6 Å². The molecule has 1 aliphatic rings. The van der Waals surface area contributed by atoms with Gasteiger partial charge in [0.25, 0.3) is 0 Å². The Kier molecular flexibility index (Phi) is 8.93. The molecule has 2 rings (SSSR count). The highest BCUT2D eigenvalue weighted by Crippen LogP contribution is 2.43. The molecule has 1 aromatic carbocycles. The third kappa shape index (κ3) is 6.65. The summed E-state index contributed by atoms with van der Waals surface area (Å²) < 4.78 is 25.1. The van der Waals surface area contributed by atoms with Crippen molar-refractivity contribution in [2.24, 2.45) is 0 Å². The van der Waals surface area contributed by atoms with Crippen molar-refractivity contribution in [2.45, 2.75) is 109 Å². The number of benzene rings is 1. The molecule has 1 aromatic rings. The number of methoxy groups -OCH3 is 1. The number of phenolic OH excluding ortho intramolecular Hbond substituents is 1. The second-order valence-electron chi connectivity index (χ2n) is 12.6. The van der Waals surface area contributed by atoms with Crippen LogP contribution in [0.15, 0.2) is 24.3 Å². The minimum absolute atomic E-state index is 0.0257. The van der Waals surface area contributed by atoms with Gasteiger partial charge in [-0.25, -0.2) is 4.79 Å². The van der Waals surface area contributed by atoms with E-state index in [-0.39, 0.29) is 45.8 Å². The Bertz CT molecular complexity index is 927. The van der Waals surface area contributed by atoms with Crippen LogP contribution in [0.5, 0.6) is 5.75 Å². The summed E-state index contributed by atoms with van der Waals surface area (Å²) in [4.78, 5) is 12.3. The van der Waals surface area contributed by atoms with Crippen molar-refractivity contribution in [3.05, 3.63) is 35.4 Å². The van der Waals surface area contributed by atoms with Gasteiger partial charge in [-0.3, -0.25) is 0 Å². The predicted octanol–water partition coefficient (Wildman–Crippen LogP) is 6.76. The molecule has 1 saturated heterocycles. The lowest BCUT2D eigenvalue weighted by Gasteiger charge is -2.43. The van der Waals surface area contributed by atoms with E-state index in [9.17, 15) is 9.90 Å². The summed E-state index contributed by atoms with van der Waals surface area (Å²) in [6, 6.07) is 4.95. The average molecular weight is 523 g/mol. The van der Waals surface area contributed by atoms with Crippen molar-refractivity contribution in [1.29, 1.82) is 0 Å². The lowest BCUT2D eigenvalue weighted by atomic mass is 10.0. The number of hydrogen-bond acceptors (Lipinski definition) is 6. The zero-order valence-corrected chi connectivity index (χ0v) is 25.7. The number of ether oxygens (including phenoxy) is 2. The second-order valence-corrected chi connectivity index (χ2v) is 22.1. The van der Waals surface area contributed by atoms with E-state index in [1.54, 1.807) is 18.2 Å². The fourth-order valence-electron chi connectivity index (χ4n) is 3.56. The molecule has 1 N–H and O–H groups in total. The molecule has 1 fully saturated rings. The van der Waals surface area contributed by atoms with Gasteiger partial charge in [-0.1, -0.05) is 65.8 Å². The van der Waals surface area contributed by atoms with Crippen molar-refractivity contribution in [2.75, 3.05) is 7.11 Å². The molecule has 35 heavy (non-hydrogen) atoms. The highest BCUT2D eigenvalue weighted by Gasteiger charge is 2.51. The van der Waals surface area contributed by atoms with Crippen LogP contribution in [0.4, 0.5) is 0 Å². The van der Waals surface area contributed by atoms with E-state index in [0.29, 0.717) is 5.56 Å². The van der Waals surface area contributed by atoms with Gasteiger partial charge in [-0.05, 0) is 54.8 Å². The lowest BCUT2D eigenvalue weighted by molar-refractivity contribution is 0.0405. The topological polar surface area (TPSA) is 74.2 Å². The molecule has 6 nitrogen and oxygen atoms in total. The van der Waals surface area contributed by atoms with E-state index in [2.05, 4.69) is 67.7 Å². The first-order chi connectivity index (χ1) is 15.8. The minimum atomic E-state index is -2.15. The Balaban J connectivity index is 2.48. The Morgan fingerprint density at radius 2 is 1.49 bits per heavy atom. The smallest absolute Gasteiger partial charge is 0.342 e. The SMILES string of the molecule is COC(=O)c1c(O)cccc1/C=C/[C@H]1O[C@@H](C)[C@H](O[Si](C)(C)C(C)(C)C)[C@@H]1O[Si](C)(C)C(C)(C)C. The molecule has 0 bridgehead atoms. The summed E-state index contributed by atoms with van der Waals surface area (Å²) in [5, 5.41) is 10.3. The van der Waals surface area contributed by atoms with E-state index < -0.39 is 22.6 Å². The number of phenols is 1. The van der Waals surface area contributed by atoms with Crippen LogP contribution in [0.25, 0.3) is 6.08 Å². The van der Waals surface area contributed by atoms with E-state index in [0.717, 1.165) is 0 Å². The normalized spacial score (nSPS) is 24.2. The van der Waals surface area contributed by atoms with E-state index in [1.807, 2.05) is 13.0 Å². The maximum atomic E-state index is 12.3. The number of rotatable bonds is 7. The van der Waals surface area contributed by atoms with Crippen LogP contribution in [0.3, 0.4) is 0 Å². The largest absolute Gasteiger partial charge is 0.507 e. The van der Waals surface area contributed by atoms with Crippen LogP contribution in [-0.4, -0.2) is 59.2 Å². The molecule has 0 saturated carbocycles. The van der Waals surface area contributed by atoms with E-state index >= 15 is 0 Å². The number of aromatic hydroxyl groups is 1. The summed E-state index contributed by atoms with van der Waals surface area (Å²) in [5.41, 5.74) is 0.696. The Morgan fingerprint density at radius 3 is 1.97 bits per heavy atom. The summed E-state index contributed by atoms with van der Waals surface area (Å²) in [7, 11) is -2.94. The maximum absolute atomic E-state index is 12.3. The molecule has 1 heterocycles. The number of carbonyl (C=O) groups excluding carboxylic acids is 1. The molecule has 0 unspecified atom stereocenters. The van der Waals surface area contributed by atoms with Crippen LogP contribution in [-0.2, 0) is 18.3 Å². The van der Waals surface area contributed by atoms with Crippen molar-refractivity contribution in [3.63, 3.8) is 0 Å². The zero-order chi connectivity index (χ0) is 27.0. The summed E-state index contributed by atoms with van der Waals surface area (Å²) in [6.07, 6.45) is 2.73. The Labute approximate surface area is 214 Å². The van der Waals surface area contributed by atoms with Gasteiger partial charge in [0, 0.05) is 0 Å². The average Bonchev–Trinajstić information content (AvgIpc) is 2.98. The van der Waals surface area contributed by atoms with Gasteiger partial charge in [-0.2, -0.15) is 0 Å². The predicted molar refractivity (Wildman–Crippen MR) is 147 cm³/mol. The molecule has 0 radical (unpaired) electrons. The molecular formula is C27H46O6Si2. The van der Waals surface area contributed by atoms with Crippen molar-refractivity contribution < 1.29 is 28.2 Å². The third-order valence-corrected chi connectivity index (χ3v) is 16.8. The molecule has 0 spiro atoms. The summed E-state index contributed by atoms with van der Waals surface area (Å²) in [5.74, 6) is -0.704. The van der Waals surface area contributed by atoms with Crippen LogP contribution in [0.1, 0.15) is 64.4 Å². The molecule has 4 atom stereocenters. The van der Waals surface area contributed by atoms with Crippen LogP contribution in [0, 0.1) is 0 Å². The number of esters is 1. The fourth-order valence-corrected chi connectivity index (χ4v) is 6.22. The quantitative estimate of drug-likeness (QED) is 0.315. The molecule has 1 aliphatic heterocycles. The Hall–Kier alpha value is -1.46. The number of hydrogen-bond donors (Lipinski definition) is 1. The monoisotopic (exact) mass is 522 g/mol. The van der Waals surface area contributed by atoms with Gasteiger partial charge in [0.05, 0.1) is 19.3 Å². The van der Waals surface area contributed by atoms with Crippen molar-refractivity contribution in [3.8, 4) is 5.75 Å². The van der Waals surface area contributed by atoms with Gasteiger partial charge < -0.3 is 23.4 Å². The van der Waals surface area contributed by atoms with Crippen LogP contribution < -0.4 is 0 Å². The third-order valence-electron chi connectivity index (χ3n) is 7.89.